The van der Waals surface area contributed by atoms with Crippen LogP contribution in [-0.4, -0.2) is 57.7 Å². The fourth-order valence-electron chi connectivity index (χ4n) is 3.61. The van der Waals surface area contributed by atoms with E-state index in [2.05, 4.69) is 30.2 Å². The number of carbonyl (C=O) groups excluding carboxylic acids is 1. The maximum Gasteiger partial charge on any atom is 0.271 e. The molecular weight excluding hydrogens is 320 g/mol. The SMILES string of the molecule is O=C(N[C@@H]1CN(c2ncccn2)C[C@@H]2CCCO[C@@H]21)c1cnccn1. The van der Waals surface area contributed by atoms with Crippen LogP contribution in [0.15, 0.2) is 37.1 Å². The molecule has 0 unspecified atom stereocenters. The maximum absolute atomic E-state index is 12.5. The molecule has 25 heavy (non-hydrogen) atoms. The number of anilines is 1. The fourth-order valence-corrected chi connectivity index (χ4v) is 3.61. The van der Waals surface area contributed by atoms with Gasteiger partial charge < -0.3 is 15.0 Å². The van der Waals surface area contributed by atoms with Crippen LogP contribution in [-0.2, 0) is 4.74 Å². The van der Waals surface area contributed by atoms with Crippen molar-refractivity contribution in [1.29, 1.82) is 0 Å². The van der Waals surface area contributed by atoms with Crippen LogP contribution in [0.5, 0.6) is 0 Å². The van der Waals surface area contributed by atoms with Crippen molar-refractivity contribution >= 4 is 11.9 Å². The van der Waals surface area contributed by atoms with Gasteiger partial charge in [0.15, 0.2) is 0 Å². The van der Waals surface area contributed by atoms with Gasteiger partial charge in [0.25, 0.3) is 5.91 Å². The van der Waals surface area contributed by atoms with E-state index in [-0.39, 0.29) is 18.1 Å². The molecule has 0 radical (unpaired) electrons. The second-order valence-electron chi connectivity index (χ2n) is 6.36. The molecule has 2 saturated heterocycles. The van der Waals surface area contributed by atoms with E-state index in [4.69, 9.17) is 4.74 Å². The first-order chi connectivity index (χ1) is 12.3. The van der Waals surface area contributed by atoms with Crippen LogP contribution in [0.3, 0.4) is 0 Å². The van der Waals surface area contributed by atoms with Gasteiger partial charge in [0.1, 0.15) is 5.69 Å². The van der Waals surface area contributed by atoms with Gasteiger partial charge >= 0.3 is 0 Å². The number of rotatable bonds is 3. The number of hydrogen-bond donors (Lipinski definition) is 1. The highest BCUT2D eigenvalue weighted by Gasteiger charge is 2.40. The van der Waals surface area contributed by atoms with E-state index in [1.165, 1.54) is 12.4 Å². The number of hydrogen-bond acceptors (Lipinski definition) is 7. The van der Waals surface area contributed by atoms with Crippen LogP contribution in [0.1, 0.15) is 23.3 Å². The van der Waals surface area contributed by atoms with Gasteiger partial charge in [-0.3, -0.25) is 9.78 Å². The minimum atomic E-state index is -0.234. The summed E-state index contributed by atoms with van der Waals surface area (Å²) in [7, 11) is 0. The highest BCUT2D eigenvalue weighted by atomic mass is 16.5. The van der Waals surface area contributed by atoms with E-state index in [1.807, 2.05) is 0 Å². The van der Waals surface area contributed by atoms with Gasteiger partial charge in [-0.2, -0.15) is 0 Å². The summed E-state index contributed by atoms with van der Waals surface area (Å²) in [5.41, 5.74) is 0.308. The molecule has 2 aromatic heterocycles. The Morgan fingerprint density at radius 3 is 2.84 bits per heavy atom. The van der Waals surface area contributed by atoms with E-state index in [0.29, 0.717) is 24.1 Å². The fraction of sp³-hybridized carbons (Fsp3) is 0.471. The average Bonchev–Trinajstić information content (AvgIpc) is 2.69. The van der Waals surface area contributed by atoms with E-state index in [1.54, 1.807) is 24.7 Å². The van der Waals surface area contributed by atoms with Gasteiger partial charge in [-0.15, -0.1) is 0 Å². The Kier molecular flexibility index (Phi) is 4.51. The molecule has 0 spiro atoms. The quantitative estimate of drug-likeness (QED) is 0.878. The van der Waals surface area contributed by atoms with Crippen LogP contribution in [0.2, 0.25) is 0 Å². The first-order valence-electron chi connectivity index (χ1n) is 8.52. The molecule has 0 bridgehead atoms. The zero-order valence-electron chi connectivity index (χ0n) is 13.8. The van der Waals surface area contributed by atoms with Crippen molar-refractivity contribution in [2.75, 3.05) is 24.6 Å². The smallest absolute Gasteiger partial charge is 0.271 e. The predicted octanol–water partition coefficient (Wildman–Crippen LogP) is 0.680. The Hall–Kier alpha value is -2.61. The largest absolute Gasteiger partial charge is 0.376 e. The summed E-state index contributed by atoms with van der Waals surface area (Å²) in [6.45, 7) is 2.18. The first-order valence-corrected chi connectivity index (χ1v) is 8.52. The molecule has 2 aliphatic rings. The molecule has 8 heteroatoms. The summed E-state index contributed by atoms with van der Waals surface area (Å²) >= 11 is 0. The van der Waals surface area contributed by atoms with Gasteiger partial charge in [-0.25, -0.2) is 15.0 Å². The van der Waals surface area contributed by atoms with E-state index in [0.717, 1.165) is 26.0 Å². The number of carbonyl (C=O) groups is 1. The molecule has 2 fully saturated rings. The molecule has 0 saturated carbocycles. The predicted molar refractivity (Wildman–Crippen MR) is 90.0 cm³/mol. The molecule has 2 aromatic rings. The summed E-state index contributed by atoms with van der Waals surface area (Å²) in [6.07, 6.45) is 10.1. The summed E-state index contributed by atoms with van der Waals surface area (Å²) in [6, 6.07) is 1.66. The monoisotopic (exact) mass is 340 g/mol. The molecule has 4 rings (SSSR count). The van der Waals surface area contributed by atoms with Gasteiger partial charge in [0, 0.05) is 50.4 Å². The van der Waals surface area contributed by atoms with Crippen molar-refractivity contribution in [2.45, 2.75) is 25.0 Å². The molecule has 8 nitrogen and oxygen atoms in total. The third-order valence-corrected chi connectivity index (χ3v) is 4.71. The highest BCUT2D eigenvalue weighted by molar-refractivity contribution is 5.92. The number of nitrogens with one attached hydrogen (secondary N) is 1. The van der Waals surface area contributed by atoms with Crippen molar-refractivity contribution in [1.82, 2.24) is 25.3 Å². The van der Waals surface area contributed by atoms with Crippen LogP contribution < -0.4 is 10.2 Å². The van der Waals surface area contributed by atoms with E-state index >= 15 is 0 Å². The van der Waals surface area contributed by atoms with Gasteiger partial charge in [0.2, 0.25) is 5.95 Å². The molecule has 1 amide bonds. The average molecular weight is 340 g/mol. The van der Waals surface area contributed by atoms with Crippen LogP contribution in [0.4, 0.5) is 5.95 Å². The van der Waals surface area contributed by atoms with Gasteiger partial charge in [-0.1, -0.05) is 0 Å². The number of aromatic nitrogens is 4. The van der Waals surface area contributed by atoms with E-state index in [9.17, 15) is 4.79 Å². The van der Waals surface area contributed by atoms with Crippen molar-refractivity contribution in [3.05, 3.63) is 42.7 Å². The molecule has 2 aliphatic heterocycles. The second-order valence-corrected chi connectivity index (χ2v) is 6.36. The third kappa shape index (κ3) is 3.43. The minimum Gasteiger partial charge on any atom is -0.376 e. The Morgan fingerprint density at radius 2 is 2.04 bits per heavy atom. The van der Waals surface area contributed by atoms with Crippen molar-refractivity contribution in [2.24, 2.45) is 5.92 Å². The standard InChI is InChI=1S/C17H20N6O2/c24-16(13-9-18-6-7-19-13)22-14-11-23(17-20-4-2-5-21-17)10-12-3-1-8-25-15(12)14/h2,4-7,9,12,14-15H,1,3,8,10-11H2,(H,22,24)/t12-,14+,15-/m0/s1. The zero-order valence-corrected chi connectivity index (χ0v) is 13.8. The number of nitrogens with zero attached hydrogens (tertiary/aromatic N) is 5. The molecule has 0 aromatic carbocycles. The summed E-state index contributed by atoms with van der Waals surface area (Å²) in [4.78, 5) is 31.4. The summed E-state index contributed by atoms with van der Waals surface area (Å²) < 4.78 is 6.00. The molecule has 3 atom stereocenters. The minimum absolute atomic E-state index is 0.00864. The lowest BCUT2D eigenvalue weighted by Gasteiger charge is -2.45. The number of fused-ring (bicyclic) bond motifs is 1. The number of ether oxygens (including phenoxy) is 1. The van der Waals surface area contributed by atoms with Crippen molar-refractivity contribution in [3.63, 3.8) is 0 Å². The summed E-state index contributed by atoms with van der Waals surface area (Å²) in [5.74, 6) is 0.797. The van der Waals surface area contributed by atoms with E-state index < -0.39 is 0 Å². The Labute approximate surface area is 145 Å². The van der Waals surface area contributed by atoms with Crippen LogP contribution in [0, 0.1) is 5.92 Å². The Morgan fingerprint density at radius 1 is 1.16 bits per heavy atom. The number of amides is 1. The Bertz CT molecular complexity index is 714. The molecule has 0 aliphatic carbocycles. The van der Waals surface area contributed by atoms with Gasteiger partial charge in [-0.05, 0) is 18.9 Å². The topological polar surface area (TPSA) is 93.1 Å². The second kappa shape index (κ2) is 7.10. The third-order valence-electron chi connectivity index (χ3n) is 4.71. The van der Waals surface area contributed by atoms with Crippen LogP contribution in [0.25, 0.3) is 0 Å². The lowest BCUT2D eigenvalue weighted by Crippen LogP contribution is -2.61. The highest BCUT2D eigenvalue weighted by Crippen LogP contribution is 2.30. The van der Waals surface area contributed by atoms with Crippen molar-refractivity contribution < 1.29 is 9.53 Å². The first kappa shape index (κ1) is 15.9. The zero-order chi connectivity index (χ0) is 17.1. The van der Waals surface area contributed by atoms with Crippen LogP contribution >= 0.6 is 0 Å². The van der Waals surface area contributed by atoms with Crippen molar-refractivity contribution in [3.8, 4) is 0 Å². The lowest BCUT2D eigenvalue weighted by molar-refractivity contribution is -0.0523. The summed E-state index contributed by atoms with van der Waals surface area (Å²) in [5, 5.41) is 3.07. The van der Waals surface area contributed by atoms with Gasteiger partial charge in [0.05, 0.1) is 18.3 Å². The lowest BCUT2D eigenvalue weighted by atomic mass is 9.85. The molecule has 130 valence electrons. The normalized spacial score (nSPS) is 25.9. The molecule has 1 N–H and O–H groups in total. The number of piperidine rings is 1. The Balaban J connectivity index is 1.54. The molecule has 4 heterocycles. The molecular formula is C17H20N6O2. The maximum atomic E-state index is 12.5.